The minimum atomic E-state index is -1.18. The molecular weight excluding hydrogens is 526 g/mol. The summed E-state index contributed by atoms with van der Waals surface area (Å²) in [7, 11) is 0. The first-order chi connectivity index (χ1) is 19.5. The number of carbonyl (C=O) groups excluding carboxylic acids is 3. The van der Waals surface area contributed by atoms with E-state index in [0.717, 1.165) is 11.1 Å². The van der Waals surface area contributed by atoms with Crippen molar-refractivity contribution in [2.75, 3.05) is 6.54 Å². The number of nitrogens with zero attached hydrogens (tertiary/aromatic N) is 1. The summed E-state index contributed by atoms with van der Waals surface area (Å²) < 4.78 is 0. The van der Waals surface area contributed by atoms with Crippen molar-refractivity contribution in [3.63, 3.8) is 0 Å². The summed E-state index contributed by atoms with van der Waals surface area (Å²) in [6.07, 6.45) is 0.997. The van der Waals surface area contributed by atoms with Crippen LogP contribution in [0.3, 0.4) is 0 Å². The Kier molecular flexibility index (Phi) is 13.3. The second-order valence-corrected chi connectivity index (χ2v) is 10.1. The maximum Gasteiger partial charge on any atom is 0.326 e. The first-order valence-electron chi connectivity index (χ1n) is 13.5. The Morgan fingerprint density at radius 2 is 1.24 bits per heavy atom. The summed E-state index contributed by atoms with van der Waals surface area (Å²) in [6.45, 7) is 3.66. The summed E-state index contributed by atoms with van der Waals surface area (Å²) in [5, 5.41) is 17.6. The van der Waals surface area contributed by atoms with Crippen molar-refractivity contribution < 1.29 is 24.3 Å². The SMILES string of the molecule is CC(C)C(NC(=O)C(Cc1ccccc1)NC(=O)C(Cc1ccccc1)NC(=O)C(N)CCCN=C(N)N)C(=O)O. The van der Waals surface area contributed by atoms with Crippen LogP contribution in [0.4, 0.5) is 0 Å². The molecule has 0 aliphatic rings. The van der Waals surface area contributed by atoms with Gasteiger partial charge in [0.15, 0.2) is 5.96 Å². The molecule has 0 aliphatic heterocycles. The predicted octanol–water partition coefficient (Wildman–Crippen LogP) is 0.0477. The molecule has 0 aromatic heterocycles. The predicted molar refractivity (Wildman–Crippen MR) is 156 cm³/mol. The molecule has 12 heteroatoms. The molecule has 41 heavy (non-hydrogen) atoms. The third-order valence-electron chi connectivity index (χ3n) is 6.37. The molecule has 0 saturated carbocycles. The summed E-state index contributed by atoms with van der Waals surface area (Å²) in [5.74, 6) is -3.42. The maximum absolute atomic E-state index is 13.6. The molecule has 2 aromatic rings. The largest absolute Gasteiger partial charge is 0.480 e. The molecule has 4 unspecified atom stereocenters. The molecule has 2 aromatic carbocycles. The second-order valence-electron chi connectivity index (χ2n) is 10.1. The summed E-state index contributed by atoms with van der Waals surface area (Å²) in [5.41, 5.74) is 18.3. The standard InChI is InChI=1S/C29H41N7O5/c1-18(2)24(28(40)41)36-27(39)23(17-20-12-7-4-8-13-20)35-26(38)22(16-19-10-5-3-6-11-19)34-25(37)21(30)14-9-15-33-29(31)32/h3-8,10-13,18,21-24H,9,14-17,30H2,1-2H3,(H,34,37)(H,35,38)(H,36,39)(H,40,41)(H4,31,32,33). The van der Waals surface area contributed by atoms with Gasteiger partial charge in [0.1, 0.15) is 18.1 Å². The van der Waals surface area contributed by atoms with Crippen LogP contribution in [0.25, 0.3) is 0 Å². The van der Waals surface area contributed by atoms with Crippen molar-refractivity contribution in [3.05, 3.63) is 71.8 Å². The number of carboxylic acids is 1. The first-order valence-corrected chi connectivity index (χ1v) is 13.5. The normalized spacial score (nSPS) is 13.8. The van der Waals surface area contributed by atoms with E-state index in [1.807, 2.05) is 36.4 Å². The average Bonchev–Trinajstić information content (AvgIpc) is 2.93. The number of hydrogen-bond acceptors (Lipinski definition) is 6. The zero-order chi connectivity index (χ0) is 30.4. The van der Waals surface area contributed by atoms with Gasteiger partial charge < -0.3 is 38.3 Å². The molecule has 0 aliphatic carbocycles. The number of amides is 3. The number of nitrogens with one attached hydrogen (secondary N) is 3. The number of carboxylic acid groups (broad SMARTS) is 1. The van der Waals surface area contributed by atoms with Crippen molar-refractivity contribution >= 4 is 29.7 Å². The molecule has 0 saturated heterocycles. The lowest BCUT2D eigenvalue weighted by molar-refractivity contribution is -0.143. The van der Waals surface area contributed by atoms with E-state index in [-0.39, 0.29) is 31.1 Å². The molecule has 2 rings (SSSR count). The first kappa shape index (κ1) is 32.8. The molecule has 0 fully saturated rings. The van der Waals surface area contributed by atoms with Crippen molar-refractivity contribution in [1.29, 1.82) is 0 Å². The molecule has 12 nitrogen and oxygen atoms in total. The Bertz CT molecular complexity index is 1170. The fraction of sp³-hybridized carbons (Fsp3) is 0.414. The topological polar surface area (TPSA) is 215 Å². The van der Waals surface area contributed by atoms with E-state index in [1.54, 1.807) is 38.1 Å². The number of aliphatic imine (C=N–C) groups is 1. The van der Waals surface area contributed by atoms with Gasteiger partial charge in [0.25, 0.3) is 0 Å². The van der Waals surface area contributed by atoms with Crippen LogP contribution in [0, 0.1) is 5.92 Å². The fourth-order valence-electron chi connectivity index (χ4n) is 4.09. The third-order valence-corrected chi connectivity index (χ3v) is 6.37. The van der Waals surface area contributed by atoms with Gasteiger partial charge in [0, 0.05) is 19.4 Å². The molecule has 3 amide bonds. The van der Waals surface area contributed by atoms with Gasteiger partial charge in [-0.1, -0.05) is 74.5 Å². The quantitative estimate of drug-likeness (QED) is 0.0833. The number of guanidine groups is 1. The number of carbonyl (C=O) groups is 4. The van der Waals surface area contributed by atoms with Gasteiger partial charge in [-0.25, -0.2) is 4.79 Å². The van der Waals surface area contributed by atoms with Crippen LogP contribution in [-0.4, -0.2) is 65.5 Å². The van der Waals surface area contributed by atoms with Crippen LogP contribution in [0.1, 0.15) is 37.8 Å². The Balaban J connectivity index is 2.25. The molecule has 10 N–H and O–H groups in total. The van der Waals surface area contributed by atoms with E-state index in [2.05, 4.69) is 20.9 Å². The average molecular weight is 568 g/mol. The highest BCUT2D eigenvalue weighted by atomic mass is 16.4. The van der Waals surface area contributed by atoms with Crippen LogP contribution >= 0.6 is 0 Å². The zero-order valence-corrected chi connectivity index (χ0v) is 23.5. The molecule has 0 spiro atoms. The summed E-state index contributed by atoms with van der Waals surface area (Å²) in [6, 6.07) is 13.9. The van der Waals surface area contributed by atoms with Crippen LogP contribution in [0.15, 0.2) is 65.7 Å². The van der Waals surface area contributed by atoms with Gasteiger partial charge in [-0.2, -0.15) is 0 Å². The van der Waals surface area contributed by atoms with Crippen LogP contribution in [0.5, 0.6) is 0 Å². The summed E-state index contributed by atoms with van der Waals surface area (Å²) in [4.78, 5) is 55.4. The van der Waals surface area contributed by atoms with E-state index >= 15 is 0 Å². The lowest BCUT2D eigenvalue weighted by Gasteiger charge is -2.26. The number of nitrogens with two attached hydrogens (primary N) is 3. The fourth-order valence-corrected chi connectivity index (χ4v) is 4.09. The van der Waals surface area contributed by atoms with Gasteiger partial charge in [0.2, 0.25) is 17.7 Å². The van der Waals surface area contributed by atoms with Crippen molar-refractivity contribution in [1.82, 2.24) is 16.0 Å². The highest BCUT2D eigenvalue weighted by molar-refractivity contribution is 5.94. The minimum absolute atomic E-state index is 0.0558. The smallest absolute Gasteiger partial charge is 0.326 e. The molecular formula is C29H41N7O5. The van der Waals surface area contributed by atoms with Crippen LogP contribution in [0.2, 0.25) is 0 Å². The van der Waals surface area contributed by atoms with Crippen molar-refractivity contribution in [2.24, 2.45) is 28.1 Å². The zero-order valence-electron chi connectivity index (χ0n) is 23.5. The molecule has 0 bridgehead atoms. The highest BCUT2D eigenvalue weighted by Gasteiger charge is 2.31. The van der Waals surface area contributed by atoms with E-state index in [9.17, 15) is 24.3 Å². The van der Waals surface area contributed by atoms with E-state index in [1.165, 1.54) is 0 Å². The van der Waals surface area contributed by atoms with Crippen LogP contribution in [-0.2, 0) is 32.0 Å². The van der Waals surface area contributed by atoms with Gasteiger partial charge >= 0.3 is 5.97 Å². The van der Waals surface area contributed by atoms with Gasteiger partial charge in [-0.05, 0) is 29.9 Å². The number of hydrogen-bond donors (Lipinski definition) is 7. The Labute approximate surface area is 240 Å². The maximum atomic E-state index is 13.6. The lowest BCUT2D eigenvalue weighted by atomic mass is 10.0. The Hall–Kier alpha value is -4.45. The van der Waals surface area contributed by atoms with Crippen molar-refractivity contribution in [3.8, 4) is 0 Å². The number of rotatable bonds is 16. The van der Waals surface area contributed by atoms with Gasteiger partial charge in [0.05, 0.1) is 6.04 Å². The highest BCUT2D eigenvalue weighted by Crippen LogP contribution is 2.09. The Morgan fingerprint density at radius 3 is 1.68 bits per heavy atom. The van der Waals surface area contributed by atoms with E-state index < -0.39 is 47.9 Å². The van der Waals surface area contributed by atoms with Crippen LogP contribution < -0.4 is 33.2 Å². The Morgan fingerprint density at radius 1 is 0.780 bits per heavy atom. The summed E-state index contributed by atoms with van der Waals surface area (Å²) >= 11 is 0. The minimum Gasteiger partial charge on any atom is -0.480 e. The van der Waals surface area contributed by atoms with Crippen molar-refractivity contribution in [2.45, 2.75) is 63.7 Å². The monoisotopic (exact) mass is 567 g/mol. The van der Waals surface area contributed by atoms with Gasteiger partial charge in [-0.3, -0.25) is 19.4 Å². The molecule has 0 radical (unpaired) electrons. The molecule has 222 valence electrons. The van der Waals surface area contributed by atoms with Gasteiger partial charge in [-0.15, -0.1) is 0 Å². The number of benzene rings is 2. The third kappa shape index (κ3) is 11.7. The van der Waals surface area contributed by atoms with E-state index in [4.69, 9.17) is 17.2 Å². The number of aliphatic carboxylic acids is 1. The lowest BCUT2D eigenvalue weighted by Crippen LogP contribution is -2.58. The molecule has 0 heterocycles. The van der Waals surface area contributed by atoms with E-state index in [0.29, 0.717) is 13.0 Å². The molecule has 4 atom stereocenters. The second kappa shape index (κ2) is 16.6.